The molecular formula is C50H73N4O12+. The predicted molar refractivity (Wildman–Crippen MR) is 260 cm³/mol. The summed E-state index contributed by atoms with van der Waals surface area (Å²) in [5.74, 6) is 0.316. The van der Waals surface area contributed by atoms with Crippen LogP contribution in [0.4, 0.5) is 0 Å². The number of nitrogens with zero attached hydrogens (tertiary/aromatic N) is 4. The number of aliphatic hydroxyl groups is 1. The minimum atomic E-state index is -0.590. The summed E-state index contributed by atoms with van der Waals surface area (Å²) in [7, 11) is 11.1. The number of rotatable bonds is 20. The van der Waals surface area contributed by atoms with E-state index in [0.29, 0.717) is 101 Å². The third kappa shape index (κ3) is 14.5. The first-order chi connectivity index (χ1) is 29.8. The van der Waals surface area contributed by atoms with E-state index in [1.54, 1.807) is 62.8 Å². The fourth-order valence-corrected chi connectivity index (χ4v) is 7.65. The minimum absolute atomic E-state index is 0. The number of ether oxygens (including phenoxy) is 5. The zero-order valence-electron chi connectivity index (χ0n) is 37.9. The number of aliphatic hydroxyl groups excluding tert-OH is 1. The van der Waals surface area contributed by atoms with Gasteiger partial charge in [0.15, 0.2) is 0 Å². The lowest BCUT2D eigenvalue weighted by Gasteiger charge is -2.33. The van der Waals surface area contributed by atoms with Crippen molar-refractivity contribution >= 4 is 45.2 Å². The van der Waals surface area contributed by atoms with Gasteiger partial charge in [0, 0.05) is 63.3 Å². The highest BCUT2D eigenvalue weighted by Gasteiger charge is 2.35. The zero-order chi connectivity index (χ0) is 45.0. The van der Waals surface area contributed by atoms with Gasteiger partial charge in [0.2, 0.25) is 0 Å². The van der Waals surface area contributed by atoms with Crippen LogP contribution in [0.15, 0.2) is 86.0 Å². The number of quaternary nitrogens is 1. The van der Waals surface area contributed by atoms with Gasteiger partial charge < -0.3 is 49.1 Å². The van der Waals surface area contributed by atoms with Crippen molar-refractivity contribution in [1.82, 2.24) is 14.7 Å². The van der Waals surface area contributed by atoms with Gasteiger partial charge >= 0.3 is 0 Å². The highest BCUT2D eigenvalue weighted by Crippen LogP contribution is 2.37. The molecule has 4 aromatic carbocycles. The highest BCUT2D eigenvalue weighted by atomic mass is 16.6. The first kappa shape index (κ1) is 58.5. The zero-order valence-corrected chi connectivity index (χ0v) is 37.9. The lowest BCUT2D eigenvalue weighted by molar-refractivity contribution is -0.893. The molecule has 0 aromatic heterocycles. The summed E-state index contributed by atoms with van der Waals surface area (Å²) in [6.07, 6.45) is 4.57. The van der Waals surface area contributed by atoms with Crippen LogP contribution in [0.1, 0.15) is 69.1 Å². The average Bonchev–Trinajstić information content (AvgIpc) is 4.09. The van der Waals surface area contributed by atoms with Crippen LogP contribution in [0.2, 0.25) is 0 Å². The molecule has 0 spiro atoms. The van der Waals surface area contributed by atoms with Crippen molar-refractivity contribution in [1.29, 1.82) is 0 Å². The van der Waals surface area contributed by atoms with Crippen LogP contribution in [-0.2, 0) is 14.2 Å². The summed E-state index contributed by atoms with van der Waals surface area (Å²) in [5, 5.41) is 13.1. The van der Waals surface area contributed by atoms with Crippen molar-refractivity contribution in [3.63, 3.8) is 0 Å². The first-order valence-electron chi connectivity index (χ1n) is 20.8. The number of hydrogen-bond donors (Lipinski definition) is 1. The van der Waals surface area contributed by atoms with Crippen LogP contribution >= 0.6 is 0 Å². The van der Waals surface area contributed by atoms with E-state index in [1.165, 1.54) is 9.80 Å². The fourth-order valence-electron chi connectivity index (χ4n) is 7.65. The summed E-state index contributed by atoms with van der Waals surface area (Å²) < 4.78 is 26.6. The average molecular weight is 922 g/mol. The molecule has 0 aliphatic carbocycles. The molecule has 7 rings (SSSR count). The Labute approximate surface area is 390 Å². The second kappa shape index (κ2) is 27.2. The predicted octanol–water partition coefficient (Wildman–Crippen LogP) is 5.08. The molecule has 4 aromatic rings. The molecule has 2 atom stereocenters. The molecule has 3 heterocycles. The molecule has 16 nitrogen and oxygen atoms in total. The van der Waals surface area contributed by atoms with Crippen LogP contribution < -0.4 is 9.47 Å². The molecule has 0 bridgehead atoms. The van der Waals surface area contributed by atoms with Crippen molar-refractivity contribution in [2.75, 3.05) is 108 Å². The topological polar surface area (TPSA) is 211 Å². The van der Waals surface area contributed by atoms with Crippen LogP contribution in [0.5, 0.6) is 11.5 Å². The Morgan fingerprint density at radius 2 is 1.18 bits per heavy atom. The minimum Gasteiger partial charge on any atom is -0.496 e. The van der Waals surface area contributed by atoms with Gasteiger partial charge in [-0.2, -0.15) is 0 Å². The van der Waals surface area contributed by atoms with E-state index in [0.717, 1.165) is 37.0 Å². The number of imide groups is 2. The maximum atomic E-state index is 13.1. The third-order valence-electron chi connectivity index (χ3n) is 10.7. The summed E-state index contributed by atoms with van der Waals surface area (Å²) in [6.45, 7) is 12.8. The maximum absolute atomic E-state index is 13.1. The molecule has 0 radical (unpaired) electrons. The Balaban J connectivity index is 0.000000549. The molecule has 5 N–H and O–H groups in total. The summed E-state index contributed by atoms with van der Waals surface area (Å²) in [4.78, 5) is 56.4. The number of likely N-dealkylation sites (N-methyl/N-ethyl adjacent to an activating group) is 1. The number of amides is 4. The number of epoxide rings is 1. The first-order valence-corrected chi connectivity index (χ1v) is 20.8. The SMILES string of the molecule is C.C.C=CCOCC(O)C[N+](C)(C)CCCN1C(=O)c2cccc3c(OC)ccc(c23)C1=O.C=CCOCC1CO1.COc1ccc2c3c(cccc13)C(=O)N(CCCN(C)C)C2=O.O.O. The van der Waals surface area contributed by atoms with E-state index >= 15 is 0 Å². The van der Waals surface area contributed by atoms with E-state index in [1.807, 2.05) is 57.4 Å². The van der Waals surface area contributed by atoms with Crippen molar-refractivity contribution in [3.05, 3.63) is 108 Å². The standard InChI is InChI=1S/C24H31N2O5.C18H20N2O3.C6H10O2.2CH4.2H2O/c1-5-14-31-16-17(27)15-26(2,3)13-7-12-25-23(28)19-9-6-8-18-21(30-4)11-10-20(22(18)19)24(25)29;1-19(2)10-5-11-20-17(21)13-7-4-6-12-15(23-3)9-8-14(16(12)13)18(20)22;1-2-3-7-4-6-5-8-6;;;;/h5-6,8-11,17,27H,1,7,12-16H2,2-4H3;4,6-9H,5,10-11H2,1-3H3;2,6H,1,3-5H2;2*1H4;2*1H2/q+1;;;;;;. The van der Waals surface area contributed by atoms with Crippen LogP contribution in [0.25, 0.3) is 21.5 Å². The van der Waals surface area contributed by atoms with Gasteiger partial charge in [-0.3, -0.25) is 29.0 Å². The van der Waals surface area contributed by atoms with Crippen molar-refractivity contribution in [2.24, 2.45) is 0 Å². The summed E-state index contributed by atoms with van der Waals surface area (Å²) in [6, 6.07) is 17.9. The van der Waals surface area contributed by atoms with E-state index in [4.69, 9.17) is 23.7 Å². The Kier molecular flexibility index (Phi) is 24.1. The van der Waals surface area contributed by atoms with Crippen LogP contribution in [0, 0.1) is 0 Å². The van der Waals surface area contributed by atoms with Gasteiger partial charge in [-0.05, 0) is 63.5 Å². The smallest absolute Gasteiger partial charge is 0.261 e. The number of carbonyl (C=O) groups excluding carboxylic acids is 4. The number of benzene rings is 4. The number of hydrogen-bond acceptors (Lipinski definition) is 11. The Morgan fingerprint density at radius 1 is 0.742 bits per heavy atom. The Hall–Kier alpha value is -5.56. The number of methoxy groups -OCH3 is 2. The lowest BCUT2D eigenvalue weighted by Crippen LogP contribution is -2.48. The largest absolute Gasteiger partial charge is 0.496 e. The molecule has 66 heavy (non-hydrogen) atoms. The van der Waals surface area contributed by atoms with Crippen molar-refractivity contribution < 1.29 is 63.4 Å². The van der Waals surface area contributed by atoms with Crippen LogP contribution in [0.3, 0.4) is 0 Å². The van der Waals surface area contributed by atoms with Crippen molar-refractivity contribution in [3.8, 4) is 11.5 Å². The Bertz CT molecular complexity index is 2210. The van der Waals surface area contributed by atoms with Crippen LogP contribution in [-0.4, -0.2) is 179 Å². The maximum Gasteiger partial charge on any atom is 0.261 e. The van der Waals surface area contributed by atoms with Crippen molar-refractivity contribution in [2.45, 2.75) is 39.9 Å². The van der Waals surface area contributed by atoms with Gasteiger partial charge in [0.05, 0.1) is 67.9 Å². The molecule has 3 aliphatic heterocycles. The Morgan fingerprint density at radius 3 is 1.61 bits per heavy atom. The lowest BCUT2D eigenvalue weighted by atomic mass is 9.93. The molecule has 1 saturated heterocycles. The van der Waals surface area contributed by atoms with E-state index < -0.39 is 6.10 Å². The molecule has 4 amide bonds. The monoisotopic (exact) mass is 922 g/mol. The van der Waals surface area contributed by atoms with Gasteiger partial charge in [-0.25, -0.2) is 0 Å². The molecule has 2 unspecified atom stereocenters. The molecule has 16 heteroatoms. The molecule has 1 fully saturated rings. The van der Waals surface area contributed by atoms with Gasteiger partial charge in [0.1, 0.15) is 30.3 Å². The molecular weight excluding hydrogens is 849 g/mol. The second-order valence-electron chi connectivity index (χ2n) is 16.2. The quantitative estimate of drug-likeness (QED) is 0.0406. The highest BCUT2D eigenvalue weighted by molar-refractivity contribution is 6.27. The van der Waals surface area contributed by atoms with Gasteiger partial charge in [-0.15, -0.1) is 13.2 Å². The molecule has 3 aliphatic rings. The summed E-state index contributed by atoms with van der Waals surface area (Å²) >= 11 is 0. The molecule has 364 valence electrons. The van der Waals surface area contributed by atoms with E-state index in [2.05, 4.69) is 13.2 Å². The molecule has 0 saturated carbocycles. The van der Waals surface area contributed by atoms with E-state index in [-0.39, 0.29) is 56.0 Å². The second-order valence-corrected chi connectivity index (χ2v) is 16.2. The van der Waals surface area contributed by atoms with Gasteiger partial charge in [0.25, 0.3) is 23.6 Å². The number of carbonyl (C=O) groups is 4. The van der Waals surface area contributed by atoms with E-state index in [9.17, 15) is 24.3 Å². The fraction of sp³-hybridized carbons (Fsp3) is 0.440. The normalized spacial score (nSPS) is 14.9. The summed E-state index contributed by atoms with van der Waals surface area (Å²) in [5.41, 5.74) is 2.19. The third-order valence-corrected chi connectivity index (χ3v) is 10.7. The van der Waals surface area contributed by atoms with Gasteiger partial charge in [-0.1, -0.05) is 51.3 Å².